The maximum atomic E-state index is 2.50. The highest BCUT2D eigenvalue weighted by Gasteiger charge is 2.42. The van der Waals surface area contributed by atoms with Gasteiger partial charge in [0, 0.05) is 0 Å². The third kappa shape index (κ3) is 3.49. The van der Waals surface area contributed by atoms with Crippen LogP contribution in [0.3, 0.4) is 0 Å². The second kappa shape index (κ2) is 7.55. The molecular weight excluding hydrogens is 288 g/mol. The Bertz CT molecular complexity index is 437. The zero-order chi connectivity index (χ0) is 17.4. The molecule has 0 amide bonds. The Hall–Kier alpha value is -0.260. The summed E-state index contributed by atoms with van der Waals surface area (Å²) in [7, 11) is 0. The van der Waals surface area contributed by atoms with Crippen molar-refractivity contribution in [1.82, 2.24) is 0 Å². The highest BCUT2D eigenvalue weighted by Crippen LogP contribution is 2.51. The quantitative estimate of drug-likeness (QED) is 0.460. The predicted octanol–water partition coefficient (Wildman–Crippen LogP) is 7.49. The van der Waals surface area contributed by atoms with Gasteiger partial charge in [0.25, 0.3) is 0 Å². The molecule has 4 bridgehead atoms. The van der Waals surface area contributed by atoms with E-state index >= 15 is 0 Å². The van der Waals surface area contributed by atoms with E-state index in [0.717, 1.165) is 47.3 Å². The lowest BCUT2D eigenvalue weighted by atomic mass is 9.56. The second-order valence-electron chi connectivity index (χ2n) is 10.2. The predicted molar refractivity (Wildman–Crippen MR) is 106 cm³/mol. The molecule has 0 radical (unpaired) electrons. The molecule has 6 aliphatic rings. The molecule has 0 N–H and O–H groups in total. The Kier molecular flexibility index (Phi) is 5.83. The molecule has 138 valence electrons. The van der Waals surface area contributed by atoms with E-state index in [9.17, 15) is 0 Å². The third-order valence-electron chi connectivity index (χ3n) is 8.34. The Morgan fingerprint density at radius 1 is 0.708 bits per heavy atom. The molecule has 2 atom stereocenters. The zero-order valence-corrected chi connectivity index (χ0v) is 17.3. The lowest BCUT2D eigenvalue weighted by molar-refractivity contribution is 0.00673. The van der Waals surface area contributed by atoms with Crippen molar-refractivity contribution in [2.75, 3.05) is 0 Å². The van der Waals surface area contributed by atoms with Gasteiger partial charge in [-0.15, -0.1) is 0 Å². The van der Waals surface area contributed by atoms with Crippen LogP contribution in [0.2, 0.25) is 0 Å². The average molecular weight is 331 g/mol. The summed E-state index contributed by atoms with van der Waals surface area (Å²) in [6.07, 6.45) is 12.1. The van der Waals surface area contributed by atoms with Crippen LogP contribution in [0.15, 0.2) is 11.1 Å². The molecule has 24 heavy (non-hydrogen) atoms. The molecule has 4 saturated carbocycles. The zero-order valence-electron chi connectivity index (χ0n) is 17.3. The molecule has 2 unspecified atom stereocenters. The summed E-state index contributed by atoms with van der Waals surface area (Å²) in [5, 5.41) is 0. The maximum Gasteiger partial charge on any atom is -0.0198 e. The minimum absolute atomic E-state index is 0.804. The number of hydrogen-bond acceptors (Lipinski definition) is 0. The van der Waals surface area contributed by atoms with E-state index in [1.807, 2.05) is 5.57 Å². The molecule has 0 aromatic rings. The molecule has 0 aromatic heterocycles. The summed E-state index contributed by atoms with van der Waals surface area (Å²) >= 11 is 0. The topological polar surface area (TPSA) is 0 Å². The van der Waals surface area contributed by atoms with Crippen LogP contribution in [0.1, 0.15) is 92.9 Å². The van der Waals surface area contributed by atoms with Gasteiger partial charge < -0.3 is 0 Å². The molecule has 0 aromatic carbocycles. The highest BCUT2D eigenvalue weighted by atomic mass is 14.5. The standard InChI is InChI=1S/C12H22.C12H20/c2*1-8(2)12-9(3)10-4-6-11(12)7-5-10/h8-12H,4-7H2,1-3H3;8,10-11H,4-7H2,1-3H3. The number of fused-ring (bicyclic) bond motifs is 5. The number of hydrogen-bond donors (Lipinski definition) is 0. The molecule has 0 heteroatoms. The summed E-state index contributed by atoms with van der Waals surface area (Å²) in [4.78, 5) is 0. The fraction of sp³-hybridized carbons (Fsp3) is 0.917. The van der Waals surface area contributed by atoms with Crippen molar-refractivity contribution in [2.24, 2.45) is 47.3 Å². The van der Waals surface area contributed by atoms with Crippen molar-refractivity contribution in [3.05, 3.63) is 11.1 Å². The van der Waals surface area contributed by atoms with Gasteiger partial charge in [-0.1, -0.05) is 45.8 Å². The van der Waals surface area contributed by atoms with Crippen molar-refractivity contribution < 1.29 is 0 Å². The summed E-state index contributed by atoms with van der Waals surface area (Å²) in [5.74, 6) is 7.91. The first kappa shape index (κ1) is 18.5. The van der Waals surface area contributed by atoms with Crippen molar-refractivity contribution in [3.8, 4) is 0 Å². The highest BCUT2D eigenvalue weighted by molar-refractivity contribution is 5.25. The summed E-state index contributed by atoms with van der Waals surface area (Å²) in [6, 6.07) is 0. The Labute approximate surface area is 151 Å². The maximum absolute atomic E-state index is 2.50. The Morgan fingerprint density at radius 2 is 1.21 bits per heavy atom. The van der Waals surface area contributed by atoms with Crippen LogP contribution in [0, 0.1) is 47.3 Å². The van der Waals surface area contributed by atoms with Gasteiger partial charge in [-0.25, -0.2) is 0 Å². The van der Waals surface area contributed by atoms with Gasteiger partial charge in [0.1, 0.15) is 0 Å². The van der Waals surface area contributed by atoms with E-state index in [2.05, 4.69) is 41.5 Å². The fourth-order valence-corrected chi connectivity index (χ4v) is 7.27. The molecule has 4 fully saturated rings. The van der Waals surface area contributed by atoms with Gasteiger partial charge in [0.05, 0.1) is 0 Å². The van der Waals surface area contributed by atoms with E-state index < -0.39 is 0 Å². The largest absolute Gasteiger partial charge is 0.0705 e. The number of allylic oxidation sites excluding steroid dienone is 2. The van der Waals surface area contributed by atoms with E-state index in [1.165, 1.54) is 51.4 Å². The Balaban J connectivity index is 0.000000141. The van der Waals surface area contributed by atoms with Gasteiger partial charge in [-0.05, 0) is 106 Å². The van der Waals surface area contributed by atoms with Gasteiger partial charge >= 0.3 is 0 Å². The lowest BCUT2D eigenvalue weighted by Gasteiger charge is -2.49. The van der Waals surface area contributed by atoms with Crippen LogP contribution >= 0.6 is 0 Å². The third-order valence-corrected chi connectivity index (χ3v) is 8.34. The van der Waals surface area contributed by atoms with E-state index in [-0.39, 0.29) is 0 Å². The lowest BCUT2D eigenvalue weighted by Crippen LogP contribution is -2.40. The molecule has 0 nitrogen and oxygen atoms in total. The molecule has 6 aliphatic carbocycles. The second-order valence-corrected chi connectivity index (χ2v) is 10.2. The van der Waals surface area contributed by atoms with E-state index in [4.69, 9.17) is 0 Å². The molecule has 0 aliphatic heterocycles. The molecule has 6 rings (SSSR count). The fourth-order valence-electron chi connectivity index (χ4n) is 7.27. The monoisotopic (exact) mass is 330 g/mol. The summed E-state index contributed by atoms with van der Waals surface area (Å²) in [5.41, 5.74) is 3.57. The van der Waals surface area contributed by atoms with Crippen LogP contribution < -0.4 is 0 Å². The molecule has 0 saturated heterocycles. The first-order valence-corrected chi connectivity index (χ1v) is 11.1. The van der Waals surface area contributed by atoms with Crippen LogP contribution in [0.5, 0.6) is 0 Å². The van der Waals surface area contributed by atoms with E-state index in [0.29, 0.717) is 0 Å². The first-order valence-electron chi connectivity index (χ1n) is 11.1. The van der Waals surface area contributed by atoms with Gasteiger partial charge in [-0.2, -0.15) is 0 Å². The van der Waals surface area contributed by atoms with E-state index in [1.54, 1.807) is 5.57 Å². The van der Waals surface area contributed by atoms with Crippen LogP contribution in [0.25, 0.3) is 0 Å². The smallest absolute Gasteiger partial charge is 0.0198 e. The van der Waals surface area contributed by atoms with Crippen molar-refractivity contribution in [2.45, 2.75) is 92.9 Å². The molecular formula is C24H42. The molecule has 0 spiro atoms. The minimum atomic E-state index is 0.804. The van der Waals surface area contributed by atoms with Crippen molar-refractivity contribution >= 4 is 0 Å². The van der Waals surface area contributed by atoms with Crippen LogP contribution in [0.4, 0.5) is 0 Å². The molecule has 0 heterocycles. The summed E-state index contributed by atoms with van der Waals surface area (Å²) in [6.45, 7) is 14.4. The average Bonchev–Trinajstić information content (AvgIpc) is 2.56. The first-order chi connectivity index (χ1) is 11.4. The van der Waals surface area contributed by atoms with Crippen LogP contribution in [-0.2, 0) is 0 Å². The van der Waals surface area contributed by atoms with Gasteiger partial charge in [0.15, 0.2) is 0 Å². The van der Waals surface area contributed by atoms with Crippen LogP contribution in [-0.4, -0.2) is 0 Å². The van der Waals surface area contributed by atoms with Crippen molar-refractivity contribution in [3.63, 3.8) is 0 Å². The number of rotatable bonds is 2. The summed E-state index contributed by atoms with van der Waals surface area (Å²) < 4.78 is 0. The van der Waals surface area contributed by atoms with Gasteiger partial charge in [-0.3, -0.25) is 0 Å². The minimum Gasteiger partial charge on any atom is -0.0705 e. The van der Waals surface area contributed by atoms with Gasteiger partial charge in [0.2, 0.25) is 0 Å². The Morgan fingerprint density at radius 3 is 1.54 bits per heavy atom. The van der Waals surface area contributed by atoms with Crippen molar-refractivity contribution in [1.29, 1.82) is 0 Å². The normalized spacial score (nSPS) is 41.0. The SMILES string of the molecule is CC(C)C1C2CCC(CC2)C1C.CC1=C(C(C)C)C2CCC1CC2.